The Labute approximate surface area is 194 Å². The van der Waals surface area contributed by atoms with E-state index < -0.39 is 0 Å². The number of carbonyl (C=O) groups is 1. The molecule has 32 heavy (non-hydrogen) atoms. The minimum atomic E-state index is 0.00423. The first-order chi connectivity index (χ1) is 15.7. The van der Waals surface area contributed by atoms with Crippen molar-refractivity contribution in [2.24, 2.45) is 20.5 Å². The first-order valence-corrected chi connectivity index (χ1v) is 13.6. The first kappa shape index (κ1) is 23.6. The van der Waals surface area contributed by atoms with Gasteiger partial charge in [-0.1, -0.05) is 38.5 Å². The normalized spacial score (nSPS) is 33.5. The van der Waals surface area contributed by atoms with Crippen LogP contribution < -0.4 is 10.6 Å². The molecular formula is C25H44N6O. The van der Waals surface area contributed by atoms with Gasteiger partial charge in [0.15, 0.2) is 0 Å². The average Bonchev–Trinajstić information content (AvgIpc) is 2.84. The molecule has 4 aliphatic rings. The molecule has 0 aliphatic heterocycles. The summed E-state index contributed by atoms with van der Waals surface area (Å²) >= 11 is 0. The number of hydrogen-bond donors (Lipinski definition) is 2. The van der Waals surface area contributed by atoms with E-state index in [4.69, 9.17) is 0 Å². The van der Waals surface area contributed by atoms with Crippen molar-refractivity contribution in [3.8, 4) is 0 Å². The van der Waals surface area contributed by atoms with Crippen LogP contribution >= 0.6 is 0 Å². The second-order valence-corrected chi connectivity index (χ2v) is 10.7. The summed E-state index contributed by atoms with van der Waals surface area (Å²) in [6.07, 6.45) is 21.0. The lowest BCUT2D eigenvalue weighted by atomic mass is 9.91. The highest BCUT2D eigenvalue weighted by Crippen LogP contribution is 2.26. The molecule has 0 aromatic carbocycles. The lowest BCUT2D eigenvalue weighted by Crippen LogP contribution is -2.48. The van der Waals surface area contributed by atoms with Crippen molar-refractivity contribution in [1.29, 1.82) is 0 Å². The van der Waals surface area contributed by atoms with Crippen LogP contribution in [0.1, 0.15) is 116 Å². The molecule has 7 nitrogen and oxygen atoms in total. The van der Waals surface area contributed by atoms with Crippen LogP contribution in [0.15, 0.2) is 20.5 Å². The lowest BCUT2D eigenvalue weighted by Gasteiger charge is -2.30. The summed E-state index contributed by atoms with van der Waals surface area (Å²) < 4.78 is 0. The number of urea groups is 1. The number of hydrogen-bond acceptors (Lipinski definition) is 5. The fourth-order valence-electron chi connectivity index (χ4n) is 5.85. The van der Waals surface area contributed by atoms with E-state index in [1.165, 1.54) is 64.2 Å². The van der Waals surface area contributed by atoms with Crippen molar-refractivity contribution in [3.63, 3.8) is 0 Å². The predicted octanol–water partition coefficient (Wildman–Crippen LogP) is 6.48. The second kappa shape index (κ2) is 12.6. The second-order valence-electron chi connectivity index (χ2n) is 10.7. The fraction of sp³-hybridized carbons (Fsp3) is 0.960. The van der Waals surface area contributed by atoms with Crippen LogP contribution in [0.25, 0.3) is 0 Å². The smallest absolute Gasteiger partial charge is 0.315 e. The van der Waals surface area contributed by atoms with E-state index in [1.54, 1.807) is 0 Å². The standard InChI is InChI=1S/C25H44N6O/c32-25(26-19-11-15-23(16-12-19)30-28-21-7-3-1-4-8-21)27-20-13-17-24(18-14-20)31-29-22-9-5-2-6-10-22/h19-24H,1-18H2,(H2,26,27,32). The number of azo groups is 2. The third kappa shape index (κ3) is 7.80. The molecule has 4 saturated carbocycles. The summed E-state index contributed by atoms with van der Waals surface area (Å²) in [6.45, 7) is 0. The molecule has 4 aliphatic carbocycles. The maximum absolute atomic E-state index is 12.5. The van der Waals surface area contributed by atoms with Gasteiger partial charge in [0.2, 0.25) is 0 Å². The monoisotopic (exact) mass is 444 g/mol. The largest absolute Gasteiger partial charge is 0.335 e. The van der Waals surface area contributed by atoms with Crippen LogP contribution in [-0.4, -0.2) is 42.3 Å². The van der Waals surface area contributed by atoms with Gasteiger partial charge in [0, 0.05) is 12.1 Å². The maximum Gasteiger partial charge on any atom is 0.315 e. The Bertz CT molecular complexity index is 558. The number of nitrogens with zero attached hydrogens (tertiary/aromatic N) is 4. The van der Waals surface area contributed by atoms with Gasteiger partial charge in [-0.3, -0.25) is 0 Å². The molecule has 4 fully saturated rings. The third-order valence-corrected chi connectivity index (χ3v) is 8.00. The number of nitrogens with one attached hydrogen (secondary N) is 2. The minimum Gasteiger partial charge on any atom is -0.335 e. The molecule has 0 saturated heterocycles. The Morgan fingerprint density at radius 3 is 1.09 bits per heavy atom. The van der Waals surface area contributed by atoms with Crippen molar-refractivity contribution < 1.29 is 4.79 Å². The Kier molecular flexibility index (Phi) is 9.33. The maximum atomic E-state index is 12.5. The van der Waals surface area contributed by atoms with E-state index in [1.807, 2.05) is 0 Å². The van der Waals surface area contributed by atoms with Crippen molar-refractivity contribution >= 4 is 6.03 Å². The molecule has 7 heteroatoms. The van der Waals surface area contributed by atoms with Crippen molar-refractivity contribution in [3.05, 3.63) is 0 Å². The van der Waals surface area contributed by atoms with E-state index in [0.717, 1.165) is 51.4 Å². The Morgan fingerprint density at radius 1 is 0.438 bits per heavy atom. The predicted molar refractivity (Wildman–Crippen MR) is 127 cm³/mol. The summed E-state index contributed by atoms with van der Waals surface area (Å²) in [6, 6.07) is 2.20. The molecule has 0 aromatic heterocycles. The number of amides is 2. The summed E-state index contributed by atoms with van der Waals surface area (Å²) in [5, 5.41) is 25.0. The van der Waals surface area contributed by atoms with Gasteiger partial charge in [0.05, 0.1) is 24.2 Å². The zero-order chi connectivity index (χ0) is 22.0. The van der Waals surface area contributed by atoms with Crippen molar-refractivity contribution in [1.82, 2.24) is 10.6 Å². The van der Waals surface area contributed by atoms with E-state index in [-0.39, 0.29) is 18.1 Å². The highest BCUT2D eigenvalue weighted by Gasteiger charge is 2.26. The Hall–Kier alpha value is -1.53. The molecule has 0 heterocycles. The van der Waals surface area contributed by atoms with Crippen molar-refractivity contribution in [2.45, 2.75) is 152 Å². The number of rotatable bonds is 6. The molecule has 0 radical (unpaired) electrons. The van der Waals surface area contributed by atoms with Gasteiger partial charge in [-0.2, -0.15) is 20.5 Å². The van der Waals surface area contributed by atoms with Gasteiger partial charge in [-0.25, -0.2) is 4.79 Å². The van der Waals surface area contributed by atoms with E-state index in [9.17, 15) is 4.79 Å². The first-order valence-electron chi connectivity index (χ1n) is 13.6. The molecular weight excluding hydrogens is 400 g/mol. The van der Waals surface area contributed by atoms with Crippen LogP contribution in [0.3, 0.4) is 0 Å². The molecule has 0 atom stereocenters. The van der Waals surface area contributed by atoms with Gasteiger partial charge in [0.25, 0.3) is 0 Å². The Morgan fingerprint density at radius 2 is 0.750 bits per heavy atom. The SMILES string of the molecule is O=C(NC1CCC(N=NC2CCCCC2)CC1)NC1CCC(N=NC2CCCCC2)CC1. The quantitative estimate of drug-likeness (QED) is 0.451. The van der Waals surface area contributed by atoms with E-state index in [0.29, 0.717) is 24.2 Å². The van der Waals surface area contributed by atoms with Crippen LogP contribution in [0.2, 0.25) is 0 Å². The van der Waals surface area contributed by atoms with Crippen LogP contribution in [0.5, 0.6) is 0 Å². The fourth-order valence-corrected chi connectivity index (χ4v) is 5.85. The zero-order valence-electron chi connectivity index (χ0n) is 19.9. The van der Waals surface area contributed by atoms with Gasteiger partial charge in [0.1, 0.15) is 0 Å². The molecule has 2 amide bonds. The lowest BCUT2D eigenvalue weighted by molar-refractivity contribution is 0.221. The van der Waals surface area contributed by atoms with Gasteiger partial charge >= 0.3 is 6.03 Å². The van der Waals surface area contributed by atoms with E-state index >= 15 is 0 Å². The molecule has 4 rings (SSSR count). The summed E-state index contributed by atoms with van der Waals surface area (Å²) in [7, 11) is 0. The van der Waals surface area contributed by atoms with Crippen LogP contribution in [0, 0.1) is 0 Å². The molecule has 0 unspecified atom stereocenters. The topological polar surface area (TPSA) is 90.6 Å². The molecule has 0 bridgehead atoms. The Balaban J connectivity index is 1.08. The average molecular weight is 445 g/mol. The summed E-state index contributed by atoms with van der Waals surface area (Å²) in [5.41, 5.74) is 0. The van der Waals surface area contributed by atoms with Gasteiger partial charge in [-0.05, 0) is 77.0 Å². The minimum absolute atomic E-state index is 0.00423. The van der Waals surface area contributed by atoms with Gasteiger partial charge in [-0.15, -0.1) is 0 Å². The molecule has 180 valence electrons. The summed E-state index contributed by atoms with van der Waals surface area (Å²) in [4.78, 5) is 12.5. The van der Waals surface area contributed by atoms with Crippen LogP contribution in [0.4, 0.5) is 4.79 Å². The summed E-state index contributed by atoms with van der Waals surface area (Å²) in [5.74, 6) is 0. The third-order valence-electron chi connectivity index (χ3n) is 8.00. The molecule has 0 spiro atoms. The van der Waals surface area contributed by atoms with Crippen LogP contribution in [-0.2, 0) is 0 Å². The van der Waals surface area contributed by atoms with Crippen molar-refractivity contribution in [2.75, 3.05) is 0 Å². The van der Waals surface area contributed by atoms with Gasteiger partial charge < -0.3 is 10.6 Å². The number of carbonyl (C=O) groups excluding carboxylic acids is 1. The molecule has 2 N–H and O–H groups in total. The highest BCUT2D eigenvalue weighted by molar-refractivity contribution is 5.74. The molecule has 0 aromatic rings. The highest BCUT2D eigenvalue weighted by atomic mass is 16.2. The zero-order valence-corrected chi connectivity index (χ0v) is 19.9. The van der Waals surface area contributed by atoms with E-state index in [2.05, 4.69) is 31.1 Å².